The van der Waals surface area contributed by atoms with E-state index < -0.39 is 6.10 Å². The summed E-state index contributed by atoms with van der Waals surface area (Å²) in [5, 5.41) is 23.5. The number of hydrogen-bond donors (Lipinski definition) is 3. The van der Waals surface area contributed by atoms with Crippen molar-refractivity contribution in [3.63, 3.8) is 0 Å². The predicted molar refractivity (Wildman–Crippen MR) is 124 cm³/mol. The third-order valence-corrected chi connectivity index (χ3v) is 6.44. The fraction of sp³-hybridized carbons (Fsp3) is 0.750. The third kappa shape index (κ3) is 7.57. The summed E-state index contributed by atoms with van der Waals surface area (Å²) in [6, 6.07) is 5.93. The van der Waals surface area contributed by atoms with E-state index >= 15 is 0 Å². The molecule has 3 rings (SSSR count). The summed E-state index contributed by atoms with van der Waals surface area (Å²) in [6.07, 6.45) is 0.738. The Bertz CT molecular complexity index is 688. The summed E-state index contributed by atoms with van der Waals surface area (Å²) < 4.78 is 16.9. The normalized spacial score (nSPS) is 20.3. The van der Waals surface area contributed by atoms with Gasteiger partial charge in [0.15, 0.2) is 11.5 Å². The van der Waals surface area contributed by atoms with Crippen molar-refractivity contribution in [3.8, 4) is 11.5 Å². The summed E-state index contributed by atoms with van der Waals surface area (Å²) in [5.74, 6) is 1.31. The maximum Gasteiger partial charge on any atom is 0.161 e. The van der Waals surface area contributed by atoms with Gasteiger partial charge in [-0.25, -0.2) is 0 Å². The molecule has 0 amide bonds. The quantitative estimate of drug-likeness (QED) is 0.461. The minimum absolute atomic E-state index is 0.0690. The number of piperidine rings is 1. The highest BCUT2D eigenvalue weighted by Crippen LogP contribution is 2.28. The molecule has 0 unspecified atom stereocenters. The zero-order valence-corrected chi connectivity index (χ0v) is 19.9. The highest BCUT2D eigenvalue weighted by atomic mass is 16.5. The first-order valence-electron chi connectivity index (χ1n) is 11.8. The van der Waals surface area contributed by atoms with E-state index in [0.29, 0.717) is 18.0 Å². The molecule has 8 heteroatoms. The lowest BCUT2D eigenvalue weighted by Crippen LogP contribution is -2.54. The van der Waals surface area contributed by atoms with Gasteiger partial charge in [0.05, 0.1) is 26.4 Å². The average molecular weight is 452 g/mol. The van der Waals surface area contributed by atoms with E-state index in [-0.39, 0.29) is 18.2 Å². The van der Waals surface area contributed by atoms with Crippen molar-refractivity contribution >= 4 is 0 Å². The molecule has 1 aromatic carbocycles. The number of aliphatic hydroxyl groups is 2. The van der Waals surface area contributed by atoms with Crippen LogP contribution in [0.5, 0.6) is 11.5 Å². The van der Waals surface area contributed by atoms with Gasteiger partial charge in [0.1, 0.15) is 12.7 Å². The van der Waals surface area contributed by atoms with Gasteiger partial charge < -0.3 is 34.6 Å². The minimum atomic E-state index is -0.585. The van der Waals surface area contributed by atoms with Gasteiger partial charge in [-0.2, -0.15) is 0 Å². The summed E-state index contributed by atoms with van der Waals surface area (Å²) in [6.45, 7) is 12.1. The summed E-state index contributed by atoms with van der Waals surface area (Å²) in [5.41, 5.74) is 1.19. The van der Waals surface area contributed by atoms with Crippen LogP contribution in [0.3, 0.4) is 0 Å². The van der Waals surface area contributed by atoms with E-state index in [1.165, 1.54) is 0 Å². The molecule has 3 N–H and O–H groups in total. The van der Waals surface area contributed by atoms with Crippen LogP contribution >= 0.6 is 0 Å². The van der Waals surface area contributed by atoms with Gasteiger partial charge in [-0.15, -0.1) is 0 Å². The molecule has 182 valence electrons. The molecular weight excluding hydrogens is 410 g/mol. The van der Waals surface area contributed by atoms with Crippen LogP contribution in [0.2, 0.25) is 0 Å². The summed E-state index contributed by atoms with van der Waals surface area (Å²) in [7, 11) is 1.64. The number of morpholine rings is 1. The second-order valence-electron chi connectivity index (χ2n) is 9.50. The van der Waals surface area contributed by atoms with Crippen LogP contribution in [-0.4, -0.2) is 104 Å². The van der Waals surface area contributed by atoms with E-state index in [2.05, 4.69) is 29.0 Å². The number of methoxy groups -OCH3 is 1. The fourth-order valence-corrected chi connectivity index (χ4v) is 4.37. The Morgan fingerprint density at radius 1 is 1.16 bits per heavy atom. The fourth-order valence-electron chi connectivity index (χ4n) is 4.37. The molecule has 32 heavy (non-hydrogen) atoms. The molecule has 2 aliphatic rings. The SMILES string of the molecule is COc1cc(CNCC(C)(C)N2CCOCC2)ccc1OC[C@H](O)CN1CCC(O)CC1. The second kappa shape index (κ2) is 12.2. The molecule has 2 saturated heterocycles. The van der Waals surface area contributed by atoms with Crippen molar-refractivity contribution in [2.24, 2.45) is 0 Å². The number of aliphatic hydroxyl groups excluding tert-OH is 2. The molecule has 2 fully saturated rings. The molecule has 0 bridgehead atoms. The molecule has 1 atom stereocenters. The molecular formula is C24H41N3O5. The predicted octanol–water partition coefficient (Wildman–Crippen LogP) is 1.09. The highest BCUT2D eigenvalue weighted by molar-refractivity contribution is 5.43. The smallest absolute Gasteiger partial charge is 0.161 e. The monoisotopic (exact) mass is 451 g/mol. The molecule has 0 radical (unpaired) electrons. The van der Waals surface area contributed by atoms with Crippen LogP contribution in [-0.2, 0) is 11.3 Å². The van der Waals surface area contributed by atoms with Crippen LogP contribution < -0.4 is 14.8 Å². The zero-order chi connectivity index (χ0) is 23.0. The van der Waals surface area contributed by atoms with Gasteiger partial charge >= 0.3 is 0 Å². The van der Waals surface area contributed by atoms with Gasteiger partial charge in [-0.1, -0.05) is 6.07 Å². The summed E-state index contributed by atoms with van der Waals surface area (Å²) >= 11 is 0. The van der Waals surface area contributed by atoms with Gasteiger partial charge in [0, 0.05) is 51.4 Å². The highest BCUT2D eigenvalue weighted by Gasteiger charge is 2.27. The Morgan fingerprint density at radius 3 is 2.56 bits per heavy atom. The van der Waals surface area contributed by atoms with E-state index in [9.17, 15) is 10.2 Å². The van der Waals surface area contributed by atoms with Crippen LogP contribution in [0.1, 0.15) is 32.3 Å². The first kappa shape index (κ1) is 25.2. The topological polar surface area (TPSA) is 86.7 Å². The average Bonchev–Trinajstić information content (AvgIpc) is 2.80. The molecule has 0 spiro atoms. The number of likely N-dealkylation sites (tertiary alicyclic amines) is 1. The number of β-amino-alcohol motifs (C(OH)–C–C–N with tert-alkyl or cyclic N) is 1. The lowest BCUT2D eigenvalue weighted by atomic mass is 10.0. The molecule has 8 nitrogen and oxygen atoms in total. The lowest BCUT2D eigenvalue weighted by molar-refractivity contribution is -0.00967. The molecule has 0 aromatic heterocycles. The van der Waals surface area contributed by atoms with E-state index in [1.54, 1.807) is 7.11 Å². The van der Waals surface area contributed by atoms with Gasteiger partial charge in [-0.05, 0) is 44.4 Å². The van der Waals surface area contributed by atoms with Crippen LogP contribution in [0, 0.1) is 0 Å². The number of nitrogens with zero attached hydrogens (tertiary/aromatic N) is 2. The molecule has 2 heterocycles. The second-order valence-corrected chi connectivity index (χ2v) is 9.50. The number of hydrogen-bond acceptors (Lipinski definition) is 8. The van der Waals surface area contributed by atoms with Crippen LogP contribution in [0.25, 0.3) is 0 Å². The van der Waals surface area contributed by atoms with Crippen molar-refractivity contribution < 1.29 is 24.4 Å². The Kier molecular flexibility index (Phi) is 9.58. The zero-order valence-electron chi connectivity index (χ0n) is 19.9. The molecule has 2 aliphatic heterocycles. The van der Waals surface area contributed by atoms with Crippen molar-refractivity contribution in [1.29, 1.82) is 0 Å². The Labute approximate surface area is 192 Å². The van der Waals surface area contributed by atoms with Crippen molar-refractivity contribution in [2.45, 2.75) is 51.0 Å². The van der Waals surface area contributed by atoms with Crippen molar-refractivity contribution in [1.82, 2.24) is 15.1 Å². The van der Waals surface area contributed by atoms with Gasteiger partial charge in [-0.3, -0.25) is 4.90 Å². The van der Waals surface area contributed by atoms with Crippen LogP contribution in [0.15, 0.2) is 18.2 Å². The van der Waals surface area contributed by atoms with Crippen LogP contribution in [0.4, 0.5) is 0 Å². The van der Waals surface area contributed by atoms with Gasteiger partial charge in [0.25, 0.3) is 0 Å². The third-order valence-electron chi connectivity index (χ3n) is 6.44. The lowest BCUT2D eigenvalue weighted by Gasteiger charge is -2.41. The number of rotatable bonds is 11. The van der Waals surface area contributed by atoms with Crippen molar-refractivity contribution in [3.05, 3.63) is 23.8 Å². The number of nitrogens with one attached hydrogen (secondary N) is 1. The van der Waals surface area contributed by atoms with E-state index in [1.807, 2.05) is 18.2 Å². The minimum Gasteiger partial charge on any atom is -0.493 e. The first-order chi connectivity index (χ1) is 15.4. The maximum atomic E-state index is 10.4. The Morgan fingerprint density at radius 2 is 1.88 bits per heavy atom. The largest absolute Gasteiger partial charge is 0.493 e. The Hall–Kier alpha value is -1.42. The first-order valence-corrected chi connectivity index (χ1v) is 11.8. The molecule has 0 aliphatic carbocycles. The standard InChI is InChI=1S/C24H41N3O5/c1-24(2,27-10-12-31-13-11-27)18-25-15-19-4-5-22(23(14-19)30-3)32-17-21(29)16-26-8-6-20(28)7-9-26/h4-5,14,20-21,25,28-29H,6-13,15-18H2,1-3H3/t21-/m1/s1. The van der Waals surface area contributed by atoms with E-state index in [4.69, 9.17) is 14.2 Å². The molecule has 0 saturated carbocycles. The Balaban J connectivity index is 1.44. The summed E-state index contributed by atoms with van der Waals surface area (Å²) in [4.78, 5) is 4.64. The van der Waals surface area contributed by atoms with Crippen molar-refractivity contribution in [2.75, 3.05) is 66.2 Å². The number of benzene rings is 1. The number of ether oxygens (including phenoxy) is 3. The molecule has 1 aromatic rings. The van der Waals surface area contributed by atoms with E-state index in [0.717, 1.165) is 70.9 Å². The van der Waals surface area contributed by atoms with Gasteiger partial charge in [0.2, 0.25) is 0 Å². The maximum absolute atomic E-state index is 10.4.